The summed E-state index contributed by atoms with van der Waals surface area (Å²) in [7, 11) is 0. The third-order valence-electron chi connectivity index (χ3n) is 1.30. The Bertz CT molecular complexity index is 292. The van der Waals surface area contributed by atoms with Gasteiger partial charge in [0.1, 0.15) is 18.2 Å². The molecule has 2 heteroatoms. The van der Waals surface area contributed by atoms with Gasteiger partial charge < -0.3 is 4.74 Å². The summed E-state index contributed by atoms with van der Waals surface area (Å²) in [5, 5.41) is 0. The quantitative estimate of drug-likeness (QED) is 0.609. The number of benzene rings is 1. The van der Waals surface area contributed by atoms with E-state index in [0.29, 0.717) is 12.4 Å². The normalized spacial score (nSPS) is 8.50. The van der Waals surface area contributed by atoms with Gasteiger partial charge in [0, 0.05) is 0 Å². The second kappa shape index (κ2) is 4.40. The van der Waals surface area contributed by atoms with Crippen molar-refractivity contribution < 1.29 is 9.13 Å². The van der Waals surface area contributed by atoms with Gasteiger partial charge in [0.25, 0.3) is 0 Å². The zero-order valence-electron chi connectivity index (χ0n) is 6.80. The van der Waals surface area contributed by atoms with Gasteiger partial charge in [-0.1, -0.05) is 5.92 Å². The van der Waals surface area contributed by atoms with E-state index in [1.165, 1.54) is 12.1 Å². The van der Waals surface area contributed by atoms with Crippen molar-refractivity contribution in [2.24, 2.45) is 0 Å². The molecular formula is C10H9FO. The van der Waals surface area contributed by atoms with E-state index in [9.17, 15) is 4.39 Å². The van der Waals surface area contributed by atoms with Gasteiger partial charge in [0.2, 0.25) is 0 Å². The van der Waals surface area contributed by atoms with Crippen LogP contribution in [-0.4, -0.2) is 6.61 Å². The van der Waals surface area contributed by atoms with Gasteiger partial charge in [0.15, 0.2) is 0 Å². The minimum atomic E-state index is -0.260. The highest BCUT2D eigenvalue weighted by Gasteiger charge is 1.91. The van der Waals surface area contributed by atoms with Crippen LogP contribution in [0.2, 0.25) is 0 Å². The van der Waals surface area contributed by atoms with E-state index in [-0.39, 0.29) is 5.82 Å². The number of hydrogen-bond donors (Lipinski definition) is 0. The molecule has 0 saturated heterocycles. The van der Waals surface area contributed by atoms with Crippen molar-refractivity contribution in [2.45, 2.75) is 6.92 Å². The van der Waals surface area contributed by atoms with Gasteiger partial charge >= 0.3 is 0 Å². The van der Waals surface area contributed by atoms with E-state index < -0.39 is 0 Å². The van der Waals surface area contributed by atoms with Crippen LogP contribution in [0.5, 0.6) is 5.75 Å². The molecule has 0 aliphatic rings. The maximum absolute atomic E-state index is 12.4. The second-order valence-corrected chi connectivity index (χ2v) is 2.17. The number of halogens is 1. The molecule has 0 radical (unpaired) electrons. The predicted octanol–water partition coefficient (Wildman–Crippen LogP) is 2.23. The van der Waals surface area contributed by atoms with Crippen LogP contribution in [0.1, 0.15) is 6.92 Å². The van der Waals surface area contributed by atoms with Crippen molar-refractivity contribution in [1.29, 1.82) is 0 Å². The minimum absolute atomic E-state index is 0.260. The van der Waals surface area contributed by atoms with E-state index in [4.69, 9.17) is 4.74 Å². The first-order valence-electron chi connectivity index (χ1n) is 3.61. The van der Waals surface area contributed by atoms with Crippen molar-refractivity contribution in [3.63, 3.8) is 0 Å². The minimum Gasteiger partial charge on any atom is -0.481 e. The average Bonchev–Trinajstić information content (AvgIpc) is 2.09. The Morgan fingerprint density at radius 3 is 2.58 bits per heavy atom. The van der Waals surface area contributed by atoms with Crippen LogP contribution >= 0.6 is 0 Å². The Morgan fingerprint density at radius 2 is 2.00 bits per heavy atom. The number of hydrogen-bond acceptors (Lipinski definition) is 1. The first kappa shape index (κ1) is 8.61. The Balaban J connectivity index is 2.51. The zero-order chi connectivity index (χ0) is 8.81. The molecule has 0 aliphatic carbocycles. The van der Waals surface area contributed by atoms with Gasteiger partial charge in [0.05, 0.1) is 0 Å². The first-order valence-corrected chi connectivity index (χ1v) is 3.61. The highest BCUT2D eigenvalue weighted by atomic mass is 19.1. The van der Waals surface area contributed by atoms with Gasteiger partial charge in [-0.3, -0.25) is 0 Å². The molecule has 12 heavy (non-hydrogen) atoms. The van der Waals surface area contributed by atoms with Crippen molar-refractivity contribution >= 4 is 0 Å². The van der Waals surface area contributed by atoms with E-state index in [1.54, 1.807) is 19.1 Å². The van der Waals surface area contributed by atoms with Crippen LogP contribution < -0.4 is 4.74 Å². The van der Waals surface area contributed by atoms with E-state index in [1.807, 2.05) is 0 Å². The highest BCUT2D eigenvalue weighted by molar-refractivity contribution is 5.22. The van der Waals surface area contributed by atoms with Crippen LogP contribution in [0.3, 0.4) is 0 Å². The maximum Gasteiger partial charge on any atom is 0.149 e. The molecule has 0 fully saturated rings. The maximum atomic E-state index is 12.4. The van der Waals surface area contributed by atoms with Crippen molar-refractivity contribution in [3.8, 4) is 17.6 Å². The summed E-state index contributed by atoms with van der Waals surface area (Å²) in [5.41, 5.74) is 0. The molecule has 0 heterocycles. The molecule has 1 nitrogen and oxygen atoms in total. The lowest BCUT2D eigenvalue weighted by Gasteiger charge is -1.99. The Kier molecular flexibility index (Phi) is 3.16. The fourth-order valence-electron chi connectivity index (χ4n) is 0.722. The van der Waals surface area contributed by atoms with Crippen molar-refractivity contribution in [3.05, 3.63) is 30.1 Å². The summed E-state index contributed by atoms with van der Waals surface area (Å²) in [4.78, 5) is 0. The number of rotatable bonds is 2. The Morgan fingerprint density at radius 1 is 1.33 bits per heavy atom. The third-order valence-corrected chi connectivity index (χ3v) is 1.30. The van der Waals surface area contributed by atoms with Crippen LogP contribution in [0.4, 0.5) is 4.39 Å². The molecule has 1 aromatic carbocycles. The first-order chi connectivity index (χ1) is 5.83. The fraction of sp³-hybridized carbons (Fsp3) is 0.200. The zero-order valence-corrected chi connectivity index (χ0v) is 6.80. The number of ether oxygens (including phenoxy) is 1. The topological polar surface area (TPSA) is 9.23 Å². The molecule has 0 amide bonds. The van der Waals surface area contributed by atoms with Crippen molar-refractivity contribution in [2.75, 3.05) is 6.61 Å². The molecule has 0 N–H and O–H groups in total. The molecule has 0 aliphatic heterocycles. The predicted molar refractivity (Wildman–Crippen MR) is 45.3 cm³/mol. The molecule has 62 valence electrons. The summed E-state index contributed by atoms with van der Waals surface area (Å²) in [6, 6.07) is 5.86. The fourth-order valence-corrected chi connectivity index (χ4v) is 0.722. The molecule has 0 unspecified atom stereocenters. The van der Waals surface area contributed by atoms with Gasteiger partial charge in [-0.05, 0) is 31.2 Å². The van der Waals surface area contributed by atoms with Crippen LogP contribution in [0, 0.1) is 17.7 Å². The lowest BCUT2D eigenvalue weighted by Crippen LogP contribution is -1.93. The molecule has 1 aromatic rings. The molecule has 0 bridgehead atoms. The highest BCUT2D eigenvalue weighted by Crippen LogP contribution is 2.10. The standard InChI is InChI=1S/C10H9FO/c1-2-3-8-12-10-6-4-9(11)5-7-10/h4-7H,8H2,1H3. The summed E-state index contributed by atoms with van der Waals surface area (Å²) >= 11 is 0. The van der Waals surface area contributed by atoms with E-state index in [2.05, 4.69) is 11.8 Å². The Hall–Kier alpha value is -1.49. The molecule has 0 spiro atoms. The smallest absolute Gasteiger partial charge is 0.149 e. The van der Waals surface area contributed by atoms with Crippen LogP contribution in [0.25, 0.3) is 0 Å². The molecular weight excluding hydrogens is 155 g/mol. The van der Waals surface area contributed by atoms with E-state index >= 15 is 0 Å². The lowest BCUT2D eigenvalue weighted by molar-refractivity contribution is 0.369. The third kappa shape index (κ3) is 2.63. The van der Waals surface area contributed by atoms with Gasteiger partial charge in [-0.2, -0.15) is 0 Å². The summed E-state index contributed by atoms with van der Waals surface area (Å²) in [6.07, 6.45) is 0. The van der Waals surface area contributed by atoms with E-state index in [0.717, 1.165) is 0 Å². The van der Waals surface area contributed by atoms with Crippen molar-refractivity contribution in [1.82, 2.24) is 0 Å². The average molecular weight is 164 g/mol. The second-order valence-electron chi connectivity index (χ2n) is 2.17. The Labute approximate surface area is 71.2 Å². The lowest BCUT2D eigenvalue weighted by atomic mass is 10.3. The summed E-state index contributed by atoms with van der Waals surface area (Å²) in [6.45, 7) is 2.09. The molecule has 0 atom stereocenters. The van der Waals surface area contributed by atoms with Crippen LogP contribution in [-0.2, 0) is 0 Å². The summed E-state index contributed by atoms with van der Waals surface area (Å²) in [5.74, 6) is 5.82. The largest absolute Gasteiger partial charge is 0.481 e. The van der Waals surface area contributed by atoms with Crippen LogP contribution in [0.15, 0.2) is 24.3 Å². The van der Waals surface area contributed by atoms with Gasteiger partial charge in [-0.15, -0.1) is 5.92 Å². The molecule has 1 rings (SSSR count). The van der Waals surface area contributed by atoms with Gasteiger partial charge in [-0.25, -0.2) is 4.39 Å². The molecule has 0 saturated carbocycles. The molecule has 0 aromatic heterocycles. The monoisotopic (exact) mass is 164 g/mol. The SMILES string of the molecule is CC#CCOc1ccc(F)cc1. The summed E-state index contributed by atoms with van der Waals surface area (Å²) < 4.78 is 17.6.